The highest BCUT2D eigenvalue weighted by Crippen LogP contribution is 2.23. The van der Waals surface area contributed by atoms with Gasteiger partial charge in [0.25, 0.3) is 0 Å². The number of amides is 1. The number of carbonyl (C=O) groups excluding carboxylic acids is 1. The van der Waals surface area contributed by atoms with Crippen molar-refractivity contribution in [2.45, 2.75) is 6.54 Å². The van der Waals surface area contributed by atoms with Gasteiger partial charge in [-0.3, -0.25) is 4.79 Å². The highest BCUT2D eigenvalue weighted by atomic mass is 35.5. The molecule has 0 spiro atoms. The maximum Gasteiger partial charge on any atom is 0.244 e. The van der Waals surface area contributed by atoms with Crippen molar-refractivity contribution in [2.75, 3.05) is 31.2 Å². The van der Waals surface area contributed by atoms with Crippen molar-refractivity contribution in [3.05, 3.63) is 63.8 Å². The average molecular weight is 392 g/mol. The van der Waals surface area contributed by atoms with Crippen LogP contribution in [0.15, 0.2) is 42.6 Å². The van der Waals surface area contributed by atoms with Gasteiger partial charge < -0.3 is 15.0 Å². The maximum absolute atomic E-state index is 12.1. The number of ether oxygens (including phenoxy) is 1. The fraction of sp³-hybridized carbons (Fsp3) is 0.263. The number of anilines is 1. The van der Waals surface area contributed by atoms with E-state index >= 15 is 0 Å². The summed E-state index contributed by atoms with van der Waals surface area (Å²) in [5.74, 6) is 0.706. The molecule has 1 aromatic carbocycles. The molecule has 0 atom stereocenters. The van der Waals surface area contributed by atoms with E-state index in [4.69, 9.17) is 27.9 Å². The van der Waals surface area contributed by atoms with Crippen LogP contribution in [0.1, 0.15) is 11.1 Å². The second kappa shape index (κ2) is 9.03. The van der Waals surface area contributed by atoms with E-state index in [1.807, 2.05) is 12.1 Å². The molecule has 1 N–H and O–H groups in total. The van der Waals surface area contributed by atoms with E-state index in [9.17, 15) is 4.79 Å². The van der Waals surface area contributed by atoms with Crippen molar-refractivity contribution < 1.29 is 9.53 Å². The van der Waals surface area contributed by atoms with Gasteiger partial charge in [0.1, 0.15) is 5.82 Å². The lowest BCUT2D eigenvalue weighted by molar-refractivity contribution is -0.116. The first kappa shape index (κ1) is 18.7. The Labute approximate surface area is 162 Å². The molecule has 136 valence electrons. The number of hydrogen-bond acceptors (Lipinski definition) is 4. The molecule has 7 heteroatoms. The Kier molecular flexibility index (Phi) is 6.50. The third kappa shape index (κ3) is 4.97. The minimum absolute atomic E-state index is 0.187. The molecule has 1 aliphatic heterocycles. The van der Waals surface area contributed by atoms with Gasteiger partial charge in [-0.25, -0.2) is 4.98 Å². The Bertz CT molecular complexity index is 805. The molecular formula is C19H19Cl2N3O2. The Morgan fingerprint density at radius 2 is 2.04 bits per heavy atom. The fourth-order valence-electron chi connectivity index (χ4n) is 2.66. The zero-order valence-electron chi connectivity index (χ0n) is 14.1. The van der Waals surface area contributed by atoms with Gasteiger partial charge in [0.15, 0.2) is 0 Å². The van der Waals surface area contributed by atoms with Gasteiger partial charge in [0, 0.05) is 37.5 Å². The highest BCUT2D eigenvalue weighted by Gasteiger charge is 2.15. The monoisotopic (exact) mass is 391 g/mol. The summed E-state index contributed by atoms with van der Waals surface area (Å²) in [7, 11) is 0. The quantitative estimate of drug-likeness (QED) is 0.791. The Morgan fingerprint density at radius 1 is 1.23 bits per heavy atom. The molecule has 0 bridgehead atoms. The molecule has 1 aliphatic rings. The molecule has 0 aliphatic carbocycles. The molecule has 0 saturated carbocycles. The Balaban J connectivity index is 1.60. The van der Waals surface area contributed by atoms with Crippen LogP contribution >= 0.6 is 23.2 Å². The molecule has 0 radical (unpaired) electrons. The summed E-state index contributed by atoms with van der Waals surface area (Å²) in [6, 6.07) is 9.06. The van der Waals surface area contributed by atoms with E-state index in [1.54, 1.807) is 30.5 Å². The summed E-state index contributed by atoms with van der Waals surface area (Å²) in [6.45, 7) is 3.39. The van der Waals surface area contributed by atoms with Crippen LogP contribution < -0.4 is 10.2 Å². The number of morpholine rings is 1. The Morgan fingerprint density at radius 3 is 2.81 bits per heavy atom. The number of pyridine rings is 1. The van der Waals surface area contributed by atoms with Crippen LogP contribution in [0, 0.1) is 0 Å². The molecule has 0 unspecified atom stereocenters. The van der Waals surface area contributed by atoms with Crippen LogP contribution in [-0.4, -0.2) is 37.2 Å². The van der Waals surface area contributed by atoms with Crippen molar-refractivity contribution in [1.82, 2.24) is 10.3 Å². The topological polar surface area (TPSA) is 54.5 Å². The molecular weight excluding hydrogens is 373 g/mol. The lowest BCUT2D eigenvalue weighted by atomic mass is 10.2. The standard InChI is InChI=1S/C19H19Cl2N3O2/c20-16-5-3-14(12-17(16)21)4-6-18(25)23-13-15-2-1-7-22-19(15)24-8-10-26-11-9-24/h1-7,12H,8-11,13H2,(H,23,25)/b6-4+. The van der Waals surface area contributed by atoms with E-state index in [2.05, 4.69) is 15.2 Å². The van der Waals surface area contributed by atoms with Crippen molar-refractivity contribution in [2.24, 2.45) is 0 Å². The van der Waals surface area contributed by atoms with Crippen molar-refractivity contribution in [3.8, 4) is 0 Å². The average Bonchev–Trinajstić information content (AvgIpc) is 2.68. The van der Waals surface area contributed by atoms with Gasteiger partial charge in [0.2, 0.25) is 5.91 Å². The zero-order valence-corrected chi connectivity index (χ0v) is 15.6. The van der Waals surface area contributed by atoms with Crippen LogP contribution in [0.5, 0.6) is 0 Å². The molecule has 1 aromatic heterocycles. The summed E-state index contributed by atoms with van der Waals surface area (Å²) in [5, 5.41) is 3.84. The molecule has 5 nitrogen and oxygen atoms in total. The van der Waals surface area contributed by atoms with E-state index < -0.39 is 0 Å². The predicted octanol–water partition coefficient (Wildman–Crippen LogP) is 3.55. The van der Waals surface area contributed by atoms with Gasteiger partial charge in [-0.2, -0.15) is 0 Å². The molecule has 26 heavy (non-hydrogen) atoms. The number of aromatic nitrogens is 1. The van der Waals surface area contributed by atoms with Gasteiger partial charge in [-0.1, -0.05) is 35.3 Å². The molecule has 2 heterocycles. The summed E-state index contributed by atoms with van der Waals surface area (Å²) in [4.78, 5) is 18.8. The number of nitrogens with zero attached hydrogens (tertiary/aromatic N) is 2. The van der Waals surface area contributed by atoms with Crippen LogP contribution in [0.2, 0.25) is 10.0 Å². The first-order valence-electron chi connectivity index (χ1n) is 8.31. The van der Waals surface area contributed by atoms with E-state index in [0.29, 0.717) is 29.8 Å². The van der Waals surface area contributed by atoms with Crippen LogP contribution in [0.25, 0.3) is 6.08 Å². The van der Waals surface area contributed by atoms with E-state index in [-0.39, 0.29) is 5.91 Å². The van der Waals surface area contributed by atoms with Gasteiger partial charge in [-0.15, -0.1) is 0 Å². The normalized spacial score (nSPS) is 14.6. The number of rotatable bonds is 5. The number of hydrogen-bond donors (Lipinski definition) is 1. The maximum atomic E-state index is 12.1. The predicted molar refractivity (Wildman–Crippen MR) is 105 cm³/mol. The lowest BCUT2D eigenvalue weighted by Crippen LogP contribution is -2.37. The van der Waals surface area contributed by atoms with Crippen molar-refractivity contribution in [3.63, 3.8) is 0 Å². The number of nitrogens with one attached hydrogen (secondary N) is 1. The zero-order chi connectivity index (χ0) is 18.4. The summed E-state index contributed by atoms with van der Waals surface area (Å²) in [6.07, 6.45) is 4.94. The SMILES string of the molecule is O=C(/C=C/c1ccc(Cl)c(Cl)c1)NCc1cccnc1N1CCOCC1. The molecule has 2 aromatic rings. The van der Waals surface area contributed by atoms with Gasteiger partial charge in [-0.05, 0) is 29.8 Å². The Hall–Kier alpha value is -2.08. The fourth-order valence-corrected chi connectivity index (χ4v) is 2.96. The van der Waals surface area contributed by atoms with Gasteiger partial charge in [0.05, 0.1) is 23.3 Å². The van der Waals surface area contributed by atoms with E-state index in [1.165, 1.54) is 6.08 Å². The molecule has 1 fully saturated rings. The van der Waals surface area contributed by atoms with Crippen molar-refractivity contribution in [1.29, 1.82) is 0 Å². The summed E-state index contributed by atoms with van der Waals surface area (Å²) < 4.78 is 5.38. The van der Waals surface area contributed by atoms with Crippen LogP contribution in [0.4, 0.5) is 5.82 Å². The molecule has 3 rings (SSSR count). The summed E-state index contributed by atoms with van der Waals surface area (Å²) in [5.41, 5.74) is 1.79. The summed E-state index contributed by atoms with van der Waals surface area (Å²) >= 11 is 11.9. The van der Waals surface area contributed by atoms with Crippen molar-refractivity contribution >= 4 is 41.0 Å². The van der Waals surface area contributed by atoms with Crippen LogP contribution in [-0.2, 0) is 16.1 Å². The van der Waals surface area contributed by atoms with Gasteiger partial charge >= 0.3 is 0 Å². The number of halogens is 2. The van der Waals surface area contributed by atoms with E-state index in [0.717, 1.165) is 30.0 Å². The third-order valence-corrected chi connectivity index (χ3v) is 4.74. The minimum Gasteiger partial charge on any atom is -0.378 e. The lowest BCUT2D eigenvalue weighted by Gasteiger charge is -2.29. The van der Waals surface area contributed by atoms with Crippen LogP contribution in [0.3, 0.4) is 0 Å². The molecule has 1 saturated heterocycles. The second-order valence-corrected chi connectivity index (χ2v) is 6.62. The minimum atomic E-state index is -0.187. The first-order chi connectivity index (χ1) is 12.6. The first-order valence-corrected chi connectivity index (χ1v) is 9.06. The largest absolute Gasteiger partial charge is 0.378 e. The third-order valence-electron chi connectivity index (χ3n) is 4.00. The second-order valence-electron chi connectivity index (χ2n) is 5.81. The molecule has 1 amide bonds. The number of benzene rings is 1. The highest BCUT2D eigenvalue weighted by molar-refractivity contribution is 6.42. The number of carbonyl (C=O) groups is 1. The smallest absolute Gasteiger partial charge is 0.244 e.